The summed E-state index contributed by atoms with van der Waals surface area (Å²) in [7, 11) is -3.25. The molecule has 3 aliphatic rings. The zero-order valence-corrected chi connectivity index (χ0v) is 18.1. The molecule has 3 aliphatic carbocycles. The lowest BCUT2D eigenvalue weighted by atomic mass is 9.85. The summed E-state index contributed by atoms with van der Waals surface area (Å²) in [5.41, 5.74) is 2.90. The number of rotatable bonds is 5. The first-order chi connectivity index (χ1) is 14.4. The number of sulfonamides is 1. The summed E-state index contributed by atoms with van der Waals surface area (Å²) >= 11 is 1.42. The van der Waals surface area contributed by atoms with Crippen LogP contribution in [-0.2, 0) is 27.7 Å². The number of benzene rings is 1. The molecule has 1 amide bonds. The van der Waals surface area contributed by atoms with Crippen LogP contribution in [0.15, 0.2) is 18.2 Å². The fourth-order valence-corrected chi connectivity index (χ4v) is 7.18. The molecule has 30 heavy (non-hydrogen) atoms. The molecule has 2 N–H and O–H groups in total. The molecule has 2 atom stereocenters. The van der Waals surface area contributed by atoms with E-state index in [2.05, 4.69) is 15.0 Å². The molecule has 2 saturated carbocycles. The fourth-order valence-electron chi connectivity index (χ4n) is 4.48. The summed E-state index contributed by atoms with van der Waals surface area (Å²) in [5.74, 6) is -0.567. The highest BCUT2D eigenvalue weighted by Crippen LogP contribution is 2.40. The van der Waals surface area contributed by atoms with Gasteiger partial charge in [0, 0.05) is 12.0 Å². The third kappa shape index (κ3) is 4.02. The van der Waals surface area contributed by atoms with Crippen molar-refractivity contribution in [3.05, 3.63) is 35.3 Å². The molecule has 2 fully saturated rings. The van der Waals surface area contributed by atoms with Gasteiger partial charge in [-0.15, -0.1) is 0 Å². The molecule has 5 rings (SSSR count). The Labute approximate surface area is 179 Å². The van der Waals surface area contributed by atoms with Crippen molar-refractivity contribution in [3.8, 4) is 10.4 Å². The summed E-state index contributed by atoms with van der Waals surface area (Å²) in [5, 5.41) is 3.26. The first kappa shape index (κ1) is 20.1. The number of nitrogens with zero attached hydrogens (tertiary/aromatic N) is 1. The van der Waals surface area contributed by atoms with Gasteiger partial charge in [0.15, 0.2) is 5.13 Å². The van der Waals surface area contributed by atoms with Gasteiger partial charge in [0.25, 0.3) is 0 Å². The lowest BCUT2D eigenvalue weighted by Gasteiger charge is -2.28. The van der Waals surface area contributed by atoms with E-state index >= 15 is 0 Å². The molecule has 0 aliphatic heterocycles. The number of aromatic nitrogens is 1. The number of carbonyl (C=O) groups excluding carboxylic acids is 1. The molecule has 0 radical (unpaired) electrons. The van der Waals surface area contributed by atoms with Crippen molar-refractivity contribution in [1.82, 2.24) is 9.71 Å². The van der Waals surface area contributed by atoms with Gasteiger partial charge < -0.3 is 5.32 Å². The van der Waals surface area contributed by atoms with Gasteiger partial charge in [0.05, 0.1) is 15.8 Å². The molecule has 2 aromatic rings. The van der Waals surface area contributed by atoms with Crippen LogP contribution < -0.4 is 10.0 Å². The fraction of sp³-hybridized carbons (Fsp3) is 0.524. The number of nitrogens with one attached hydrogen (secondary N) is 2. The molecule has 1 aromatic carbocycles. The Bertz CT molecular complexity index is 1090. The lowest BCUT2D eigenvalue weighted by molar-refractivity contribution is -0.120. The zero-order chi connectivity index (χ0) is 20.9. The molecule has 160 valence electrons. The number of aryl methyl sites for hydroxylation is 2. The predicted octanol–water partition coefficient (Wildman–Crippen LogP) is 3.63. The first-order valence-corrected chi connectivity index (χ1v) is 12.9. The summed E-state index contributed by atoms with van der Waals surface area (Å²) in [4.78, 5) is 18.4. The van der Waals surface area contributed by atoms with Crippen LogP contribution in [0.4, 0.5) is 9.52 Å². The van der Waals surface area contributed by atoms with E-state index in [1.807, 2.05) is 0 Å². The molecule has 9 heteroatoms. The highest BCUT2D eigenvalue weighted by molar-refractivity contribution is 7.90. The average Bonchev–Trinajstić information content (AvgIpc) is 3.49. The Hall–Kier alpha value is -1.84. The third-order valence-corrected chi connectivity index (χ3v) is 9.27. The van der Waals surface area contributed by atoms with E-state index in [4.69, 9.17) is 0 Å². The Morgan fingerprint density at radius 3 is 2.80 bits per heavy atom. The summed E-state index contributed by atoms with van der Waals surface area (Å²) < 4.78 is 40.8. The van der Waals surface area contributed by atoms with Crippen molar-refractivity contribution in [2.45, 2.75) is 62.7 Å². The van der Waals surface area contributed by atoms with Crippen molar-refractivity contribution in [3.63, 3.8) is 0 Å². The second-order valence-corrected chi connectivity index (χ2v) is 11.5. The molecule has 0 unspecified atom stereocenters. The van der Waals surface area contributed by atoms with Gasteiger partial charge in [-0.25, -0.2) is 22.5 Å². The van der Waals surface area contributed by atoms with Crippen molar-refractivity contribution < 1.29 is 17.6 Å². The summed E-state index contributed by atoms with van der Waals surface area (Å²) in [6.45, 7) is 0. The minimum Gasteiger partial charge on any atom is -0.302 e. The molecule has 1 heterocycles. The second kappa shape index (κ2) is 7.69. The van der Waals surface area contributed by atoms with Gasteiger partial charge in [0.1, 0.15) is 5.82 Å². The quantitative estimate of drug-likeness (QED) is 0.730. The largest absolute Gasteiger partial charge is 0.302 e. The minimum absolute atomic E-state index is 0.101. The van der Waals surface area contributed by atoms with Gasteiger partial charge >= 0.3 is 0 Å². The Morgan fingerprint density at radius 1 is 1.17 bits per heavy atom. The van der Waals surface area contributed by atoms with Crippen LogP contribution in [0.1, 0.15) is 49.8 Å². The maximum absolute atomic E-state index is 13.5. The average molecular weight is 450 g/mol. The van der Waals surface area contributed by atoms with E-state index in [1.165, 1.54) is 17.4 Å². The summed E-state index contributed by atoms with van der Waals surface area (Å²) in [6.07, 6.45) is 5.80. The van der Waals surface area contributed by atoms with Crippen molar-refractivity contribution >= 4 is 32.4 Å². The number of thiazole rings is 1. The van der Waals surface area contributed by atoms with Crippen LogP contribution in [0, 0.1) is 11.7 Å². The smallest absolute Gasteiger partial charge is 0.229 e. The van der Waals surface area contributed by atoms with E-state index < -0.39 is 10.0 Å². The second-order valence-electron chi connectivity index (χ2n) is 8.51. The predicted molar refractivity (Wildman–Crippen MR) is 114 cm³/mol. The number of halogens is 1. The number of fused-ring (bicyclic) bond motifs is 3. The van der Waals surface area contributed by atoms with Crippen molar-refractivity contribution in [2.75, 3.05) is 5.32 Å². The van der Waals surface area contributed by atoms with Crippen LogP contribution in [0.2, 0.25) is 0 Å². The van der Waals surface area contributed by atoms with Gasteiger partial charge in [-0.2, -0.15) is 0 Å². The van der Waals surface area contributed by atoms with Crippen LogP contribution in [0.5, 0.6) is 0 Å². The van der Waals surface area contributed by atoms with E-state index in [1.54, 1.807) is 12.1 Å². The molecule has 0 spiro atoms. The molecule has 1 aromatic heterocycles. The maximum Gasteiger partial charge on any atom is 0.229 e. The van der Waals surface area contributed by atoms with E-state index in [0.29, 0.717) is 11.6 Å². The highest BCUT2D eigenvalue weighted by atomic mass is 32.2. The Kier molecular flexibility index (Phi) is 5.15. The maximum atomic E-state index is 13.5. The topological polar surface area (TPSA) is 88.2 Å². The van der Waals surface area contributed by atoms with Gasteiger partial charge in [0.2, 0.25) is 15.9 Å². The number of amides is 1. The monoisotopic (exact) mass is 449 g/mol. The standard InChI is InChI=1S/C21H24FN3O3S2/c22-14-5-8-17-12(10-14)4-9-18-19(17)29-21(23-18)24-20(26)13-2-1-3-15(11-13)25-30(27,28)16-6-7-16/h5,8,10,13,15-16,25H,1-4,6-7,9,11H2,(H,23,24,26)/t13-,15+/m0/s1. The summed E-state index contributed by atoms with van der Waals surface area (Å²) in [6, 6.07) is 4.63. The van der Waals surface area contributed by atoms with Crippen LogP contribution in [0.25, 0.3) is 10.4 Å². The van der Waals surface area contributed by atoms with E-state index in [9.17, 15) is 17.6 Å². The molecule has 0 saturated heterocycles. The zero-order valence-electron chi connectivity index (χ0n) is 16.5. The van der Waals surface area contributed by atoms with E-state index in [0.717, 1.165) is 66.6 Å². The number of anilines is 1. The highest BCUT2D eigenvalue weighted by Gasteiger charge is 2.38. The third-order valence-electron chi connectivity index (χ3n) is 6.21. The normalized spacial score (nSPS) is 23.5. The molecule has 0 bridgehead atoms. The SMILES string of the molecule is O=C(Nc1nc2c(s1)-c1ccc(F)cc1CC2)[C@H]1CCC[C@@H](NS(=O)(=O)C2CC2)C1. The lowest BCUT2D eigenvalue weighted by Crippen LogP contribution is -2.42. The van der Waals surface area contributed by atoms with Gasteiger partial charge in [-0.05, 0) is 68.2 Å². The Morgan fingerprint density at radius 2 is 2.00 bits per heavy atom. The van der Waals surface area contributed by atoms with Gasteiger partial charge in [-0.3, -0.25) is 4.79 Å². The van der Waals surface area contributed by atoms with E-state index in [-0.39, 0.29) is 28.9 Å². The van der Waals surface area contributed by atoms with Crippen molar-refractivity contribution in [1.29, 1.82) is 0 Å². The van der Waals surface area contributed by atoms with Crippen LogP contribution in [0.3, 0.4) is 0 Å². The Balaban J connectivity index is 1.26. The van der Waals surface area contributed by atoms with Crippen LogP contribution >= 0.6 is 11.3 Å². The van der Waals surface area contributed by atoms with Gasteiger partial charge in [-0.1, -0.05) is 23.8 Å². The minimum atomic E-state index is -3.25. The molecular weight excluding hydrogens is 425 g/mol. The molecule has 6 nitrogen and oxygen atoms in total. The number of carbonyl (C=O) groups is 1. The van der Waals surface area contributed by atoms with Crippen LogP contribution in [-0.4, -0.2) is 30.6 Å². The van der Waals surface area contributed by atoms with Crippen molar-refractivity contribution in [2.24, 2.45) is 5.92 Å². The number of hydrogen-bond acceptors (Lipinski definition) is 5. The molecular formula is C21H24FN3O3S2. The first-order valence-electron chi connectivity index (χ1n) is 10.5. The number of hydrogen-bond donors (Lipinski definition) is 2.